The number of hydrogen-bond acceptors (Lipinski definition) is 6. The Morgan fingerprint density at radius 2 is 2.00 bits per heavy atom. The van der Waals surface area contributed by atoms with Crippen molar-refractivity contribution in [3.63, 3.8) is 0 Å². The van der Waals surface area contributed by atoms with Gasteiger partial charge in [0.25, 0.3) is 5.69 Å². The number of nitro benzene ring substituents is 1. The van der Waals surface area contributed by atoms with Gasteiger partial charge in [-0.2, -0.15) is 8.75 Å². The summed E-state index contributed by atoms with van der Waals surface area (Å²) in [5, 5.41) is 13.5. The zero-order chi connectivity index (χ0) is 17.1. The van der Waals surface area contributed by atoms with Crippen LogP contribution in [0, 0.1) is 10.1 Å². The largest absolute Gasteiger partial charge is 0.324 e. The lowest BCUT2D eigenvalue weighted by atomic mass is 9.97. The minimum absolute atomic E-state index is 0.0399. The van der Waals surface area contributed by atoms with Crippen LogP contribution >= 0.6 is 11.7 Å². The first-order valence-electron chi connectivity index (χ1n) is 7.30. The number of aromatic nitrogens is 2. The predicted molar refractivity (Wildman–Crippen MR) is 92.2 cm³/mol. The molecule has 3 rings (SSSR count). The smallest absolute Gasteiger partial charge is 0.269 e. The van der Waals surface area contributed by atoms with Crippen LogP contribution in [0.5, 0.6) is 0 Å². The number of nitrogens with zero attached hydrogens (tertiary/aromatic N) is 3. The Morgan fingerprint density at radius 1 is 1.25 bits per heavy atom. The first kappa shape index (κ1) is 16.0. The highest BCUT2D eigenvalue weighted by atomic mass is 32.1. The summed E-state index contributed by atoms with van der Waals surface area (Å²) in [6.07, 6.45) is 0.270. The molecule has 1 amide bonds. The molecule has 1 unspecified atom stereocenters. The van der Waals surface area contributed by atoms with Gasteiger partial charge in [-0.25, -0.2) is 0 Å². The van der Waals surface area contributed by atoms with Crippen molar-refractivity contribution in [1.82, 2.24) is 8.75 Å². The number of nitro groups is 1. The SMILES string of the molecule is CC(CC(=O)Nc1cccc2nsnc12)c1ccc([N+](=O)[O-])cc1. The van der Waals surface area contributed by atoms with Gasteiger partial charge in [0, 0.05) is 18.6 Å². The van der Waals surface area contributed by atoms with Crippen molar-refractivity contribution in [2.75, 3.05) is 5.32 Å². The van der Waals surface area contributed by atoms with E-state index in [2.05, 4.69) is 14.1 Å². The monoisotopic (exact) mass is 342 g/mol. The molecule has 1 atom stereocenters. The fourth-order valence-corrected chi connectivity index (χ4v) is 2.98. The minimum atomic E-state index is -0.441. The summed E-state index contributed by atoms with van der Waals surface area (Å²) < 4.78 is 8.33. The van der Waals surface area contributed by atoms with E-state index in [0.717, 1.165) is 22.8 Å². The molecule has 0 bridgehead atoms. The van der Waals surface area contributed by atoms with Gasteiger partial charge in [-0.15, -0.1) is 0 Å². The van der Waals surface area contributed by atoms with Crippen molar-refractivity contribution in [3.8, 4) is 0 Å². The van der Waals surface area contributed by atoms with Crippen molar-refractivity contribution in [1.29, 1.82) is 0 Å². The predicted octanol–water partition coefficient (Wildman–Crippen LogP) is 3.73. The summed E-state index contributed by atoms with van der Waals surface area (Å²) in [5.41, 5.74) is 2.99. The lowest BCUT2D eigenvalue weighted by Gasteiger charge is -2.12. The summed E-state index contributed by atoms with van der Waals surface area (Å²) in [4.78, 5) is 22.5. The van der Waals surface area contributed by atoms with Gasteiger partial charge in [0.05, 0.1) is 22.3 Å². The highest BCUT2D eigenvalue weighted by Crippen LogP contribution is 2.24. The Labute approximate surface area is 141 Å². The first-order chi connectivity index (χ1) is 11.5. The molecule has 7 nitrogen and oxygen atoms in total. The molecule has 1 aromatic heterocycles. The molecule has 2 aromatic carbocycles. The molecule has 0 saturated heterocycles. The van der Waals surface area contributed by atoms with Crippen LogP contribution in [0.4, 0.5) is 11.4 Å². The zero-order valence-electron chi connectivity index (χ0n) is 12.8. The van der Waals surface area contributed by atoms with E-state index in [1.165, 1.54) is 12.1 Å². The number of hydrogen-bond donors (Lipinski definition) is 1. The van der Waals surface area contributed by atoms with Crippen LogP contribution in [0.1, 0.15) is 24.8 Å². The first-order valence-corrected chi connectivity index (χ1v) is 8.03. The summed E-state index contributed by atoms with van der Waals surface area (Å²) in [6, 6.07) is 11.7. The van der Waals surface area contributed by atoms with Crippen LogP contribution < -0.4 is 5.32 Å². The van der Waals surface area contributed by atoms with Gasteiger partial charge in [-0.3, -0.25) is 14.9 Å². The maximum absolute atomic E-state index is 12.3. The Bertz CT molecular complexity index is 892. The third-order valence-electron chi connectivity index (χ3n) is 3.72. The Morgan fingerprint density at radius 3 is 2.71 bits per heavy atom. The van der Waals surface area contributed by atoms with Crippen LogP contribution in [0.15, 0.2) is 42.5 Å². The molecule has 0 aliphatic carbocycles. The van der Waals surface area contributed by atoms with Gasteiger partial charge in [-0.05, 0) is 23.6 Å². The fourth-order valence-electron chi connectivity index (χ4n) is 2.43. The van der Waals surface area contributed by atoms with Gasteiger partial charge in [0.2, 0.25) is 5.91 Å². The maximum Gasteiger partial charge on any atom is 0.269 e. The molecule has 3 aromatic rings. The van der Waals surface area contributed by atoms with E-state index in [4.69, 9.17) is 0 Å². The van der Waals surface area contributed by atoms with Crippen molar-refractivity contribution in [2.45, 2.75) is 19.3 Å². The Hall–Kier alpha value is -2.87. The van der Waals surface area contributed by atoms with Crippen LogP contribution in [0.2, 0.25) is 0 Å². The van der Waals surface area contributed by atoms with Crippen molar-refractivity contribution >= 4 is 40.0 Å². The van der Waals surface area contributed by atoms with Crippen LogP contribution in [-0.4, -0.2) is 19.6 Å². The summed E-state index contributed by atoms with van der Waals surface area (Å²) >= 11 is 1.10. The molecular formula is C16H14N4O3S. The van der Waals surface area contributed by atoms with E-state index in [1.807, 2.05) is 19.1 Å². The molecule has 122 valence electrons. The third kappa shape index (κ3) is 3.38. The van der Waals surface area contributed by atoms with Gasteiger partial charge < -0.3 is 5.32 Å². The lowest BCUT2D eigenvalue weighted by molar-refractivity contribution is -0.384. The molecule has 0 aliphatic heterocycles. The second kappa shape index (κ2) is 6.71. The second-order valence-electron chi connectivity index (χ2n) is 5.44. The Kier molecular flexibility index (Phi) is 4.48. The van der Waals surface area contributed by atoms with Crippen LogP contribution in [0.3, 0.4) is 0 Å². The summed E-state index contributed by atoms with van der Waals surface area (Å²) in [7, 11) is 0. The molecule has 0 spiro atoms. The van der Waals surface area contributed by atoms with E-state index in [-0.39, 0.29) is 23.9 Å². The van der Waals surface area contributed by atoms with Crippen molar-refractivity contribution in [3.05, 3.63) is 58.1 Å². The molecular weight excluding hydrogens is 328 g/mol. The van der Waals surface area contributed by atoms with Crippen LogP contribution in [0.25, 0.3) is 11.0 Å². The Balaban J connectivity index is 1.68. The van der Waals surface area contributed by atoms with Crippen LogP contribution in [-0.2, 0) is 4.79 Å². The average Bonchev–Trinajstić information content (AvgIpc) is 3.04. The number of amides is 1. The normalized spacial score (nSPS) is 12.0. The quantitative estimate of drug-likeness (QED) is 0.563. The average molecular weight is 342 g/mol. The minimum Gasteiger partial charge on any atom is -0.324 e. The van der Waals surface area contributed by atoms with E-state index >= 15 is 0 Å². The molecule has 1 N–H and O–H groups in total. The van der Waals surface area contributed by atoms with Gasteiger partial charge in [-0.1, -0.05) is 25.1 Å². The van der Waals surface area contributed by atoms with E-state index < -0.39 is 4.92 Å². The number of carbonyl (C=O) groups excluding carboxylic acids is 1. The van der Waals surface area contributed by atoms with Gasteiger partial charge >= 0.3 is 0 Å². The molecule has 8 heteroatoms. The molecule has 0 aliphatic rings. The number of non-ortho nitro benzene ring substituents is 1. The topological polar surface area (TPSA) is 98.0 Å². The van der Waals surface area contributed by atoms with Crippen molar-refractivity contribution < 1.29 is 9.72 Å². The second-order valence-corrected chi connectivity index (χ2v) is 5.97. The zero-order valence-corrected chi connectivity index (χ0v) is 13.6. The highest BCUT2D eigenvalue weighted by Gasteiger charge is 2.14. The number of anilines is 1. The van der Waals surface area contributed by atoms with E-state index in [0.29, 0.717) is 11.2 Å². The molecule has 0 fully saturated rings. The fraction of sp³-hybridized carbons (Fsp3) is 0.188. The molecule has 24 heavy (non-hydrogen) atoms. The van der Waals surface area contributed by atoms with Gasteiger partial charge in [0.15, 0.2) is 0 Å². The molecule has 0 radical (unpaired) electrons. The number of rotatable bonds is 5. The number of fused-ring (bicyclic) bond motifs is 1. The maximum atomic E-state index is 12.3. The molecule has 1 heterocycles. The highest BCUT2D eigenvalue weighted by molar-refractivity contribution is 7.00. The van der Waals surface area contributed by atoms with Crippen molar-refractivity contribution in [2.24, 2.45) is 0 Å². The molecule has 0 saturated carbocycles. The van der Waals surface area contributed by atoms with Gasteiger partial charge in [0.1, 0.15) is 11.0 Å². The standard InChI is InChI=1S/C16H14N4O3S/c1-10(11-5-7-12(8-6-11)20(22)23)9-15(21)17-13-3-2-4-14-16(13)19-24-18-14/h2-8,10H,9H2,1H3,(H,17,21). The van der Waals surface area contributed by atoms with E-state index in [1.54, 1.807) is 18.2 Å². The van der Waals surface area contributed by atoms with E-state index in [9.17, 15) is 14.9 Å². The summed E-state index contributed by atoms with van der Waals surface area (Å²) in [6.45, 7) is 1.91. The lowest BCUT2D eigenvalue weighted by Crippen LogP contribution is -2.14. The summed E-state index contributed by atoms with van der Waals surface area (Å²) in [5.74, 6) is -0.195. The number of benzene rings is 2. The third-order valence-corrected chi connectivity index (χ3v) is 4.27. The number of nitrogens with one attached hydrogen (secondary N) is 1. The number of carbonyl (C=O) groups is 1.